The molecule has 1 saturated heterocycles. The molecule has 1 aliphatic rings. The molecule has 0 unspecified atom stereocenters. The largest absolute Gasteiger partial charge is 0.378 e. The number of amides is 1. The number of carbonyl (C=O) groups excluding carboxylic acids is 1. The summed E-state index contributed by atoms with van der Waals surface area (Å²) in [6.45, 7) is 7.28. The lowest BCUT2D eigenvalue weighted by molar-refractivity contribution is 0.102. The zero-order valence-electron chi connectivity index (χ0n) is 14.5. The van der Waals surface area contributed by atoms with E-state index in [1.54, 1.807) is 0 Å². The lowest BCUT2D eigenvalue weighted by Gasteiger charge is -2.30. The monoisotopic (exact) mass is 406 g/mol. The second-order valence-electron chi connectivity index (χ2n) is 6.59. The first-order valence-electron chi connectivity index (χ1n) is 8.51. The summed E-state index contributed by atoms with van der Waals surface area (Å²) >= 11 is 3.48. The predicted molar refractivity (Wildman–Crippen MR) is 102 cm³/mol. The van der Waals surface area contributed by atoms with Crippen LogP contribution >= 0.6 is 15.9 Å². The lowest BCUT2D eigenvalue weighted by Crippen LogP contribution is -2.36. The maximum absolute atomic E-state index is 12.6. The third-order valence-corrected chi connectivity index (χ3v) is 4.54. The van der Waals surface area contributed by atoms with E-state index in [2.05, 4.69) is 50.2 Å². The zero-order valence-corrected chi connectivity index (χ0v) is 16.1. The van der Waals surface area contributed by atoms with Gasteiger partial charge in [-0.2, -0.15) is 5.10 Å². The molecular formula is C18H23BrN4O2. The van der Waals surface area contributed by atoms with Crippen LogP contribution in [-0.4, -0.2) is 42.4 Å². The van der Waals surface area contributed by atoms with Gasteiger partial charge < -0.3 is 15.0 Å². The number of rotatable bonds is 5. The first-order valence-corrected chi connectivity index (χ1v) is 9.30. The number of aromatic amines is 1. The summed E-state index contributed by atoms with van der Waals surface area (Å²) in [5.74, 6) is 0.299. The van der Waals surface area contributed by atoms with E-state index >= 15 is 0 Å². The van der Waals surface area contributed by atoms with Gasteiger partial charge in [-0.15, -0.1) is 0 Å². The Morgan fingerprint density at radius 2 is 2.12 bits per heavy atom. The quantitative estimate of drug-likeness (QED) is 0.797. The molecular weight excluding hydrogens is 384 g/mol. The Labute approximate surface area is 156 Å². The van der Waals surface area contributed by atoms with Crippen molar-refractivity contribution >= 4 is 33.2 Å². The smallest absolute Gasteiger partial charge is 0.276 e. The number of carbonyl (C=O) groups is 1. The molecule has 0 atom stereocenters. The number of hydrogen-bond donors (Lipinski definition) is 2. The van der Waals surface area contributed by atoms with E-state index in [9.17, 15) is 4.79 Å². The van der Waals surface area contributed by atoms with Gasteiger partial charge in [-0.25, -0.2) is 0 Å². The van der Waals surface area contributed by atoms with Gasteiger partial charge in [0.05, 0.1) is 24.6 Å². The summed E-state index contributed by atoms with van der Waals surface area (Å²) in [7, 11) is 0. The normalized spacial score (nSPS) is 14.8. The van der Waals surface area contributed by atoms with E-state index in [1.165, 1.54) is 0 Å². The first kappa shape index (κ1) is 17.9. The van der Waals surface area contributed by atoms with Gasteiger partial charge in [0.1, 0.15) is 0 Å². The van der Waals surface area contributed by atoms with Gasteiger partial charge in [-0.1, -0.05) is 29.8 Å². The number of anilines is 2. The first-order chi connectivity index (χ1) is 12.0. The van der Waals surface area contributed by atoms with E-state index in [1.807, 2.05) is 24.3 Å². The van der Waals surface area contributed by atoms with E-state index in [0.29, 0.717) is 24.8 Å². The van der Waals surface area contributed by atoms with Crippen molar-refractivity contribution in [1.82, 2.24) is 10.2 Å². The molecule has 0 radical (unpaired) electrons. The molecule has 0 saturated carbocycles. The standard InChI is InChI=1S/C18H23BrN4O2/c1-12(2)9-14-11-16(22-21-14)18(24)20-15-10-13(19)3-4-17(15)23-5-7-25-8-6-23/h3-4,10-12H,5-9H2,1-2H3,(H,20,24)(H,21,22). The Kier molecular flexibility index (Phi) is 5.75. The van der Waals surface area contributed by atoms with Gasteiger partial charge in [-0.3, -0.25) is 9.89 Å². The number of H-pyrrole nitrogens is 1. The molecule has 1 fully saturated rings. The third-order valence-electron chi connectivity index (χ3n) is 4.05. The van der Waals surface area contributed by atoms with Crippen LogP contribution in [0.4, 0.5) is 11.4 Å². The Bertz CT molecular complexity index is 738. The van der Waals surface area contributed by atoms with E-state index in [0.717, 1.165) is 41.1 Å². The molecule has 2 N–H and O–H groups in total. The summed E-state index contributed by atoms with van der Waals surface area (Å²) in [6.07, 6.45) is 0.871. The summed E-state index contributed by atoms with van der Waals surface area (Å²) in [6, 6.07) is 7.74. The van der Waals surface area contributed by atoms with Crippen LogP contribution in [-0.2, 0) is 11.2 Å². The van der Waals surface area contributed by atoms with Crippen LogP contribution in [0.2, 0.25) is 0 Å². The second-order valence-corrected chi connectivity index (χ2v) is 7.51. The van der Waals surface area contributed by atoms with Crippen molar-refractivity contribution in [1.29, 1.82) is 0 Å². The van der Waals surface area contributed by atoms with Gasteiger partial charge in [0, 0.05) is 23.3 Å². The van der Waals surface area contributed by atoms with E-state index < -0.39 is 0 Å². The molecule has 1 aliphatic heterocycles. The zero-order chi connectivity index (χ0) is 17.8. The maximum atomic E-state index is 12.6. The Hall–Kier alpha value is -1.86. The molecule has 2 heterocycles. The molecule has 1 amide bonds. The topological polar surface area (TPSA) is 70.2 Å². The molecule has 0 aliphatic carbocycles. The number of morpholine rings is 1. The van der Waals surface area contributed by atoms with Crippen LogP contribution < -0.4 is 10.2 Å². The fraction of sp³-hybridized carbons (Fsp3) is 0.444. The third kappa shape index (κ3) is 4.61. The molecule has 1 aromatic carbocycles. The highest BCUT2D eigenvalue weighted by atomic mass is 79.9. The van der Waals surface area contributed by atoms with Gasteiger partial charge in [0.2, 0.25) is 0 Å². The summed E-state index contributed by atoms with van der Waals surface area (Å²) < 4.78 is 6.34. The number of nitrogens with one attached hydrogen (secondary N) is 2. The van der Waals surface area contributed by atoms with E-state index in [4.69, 9.17) is 4.74 Å². The van der Waals surface area contributed by atoms with Crippen LogP contribution in [0.1, 0.15) is 30.0 Å². The maximum Gasteiger partial charge on any atom is 0.276 e. The Balaban J connectivity index is 1.78. The molecule has 3 rings (SSSR count). The van der Waals surface area contributed by atoms with Crippen LogP contribution in [0.25, 0.3) is 0 Å². The second kappa shape index (κ2) is 8.01. The number of hydrogen-bond acceptors (Lipinski definition) is 4. The lowest BCUT2D eigenvalue weighted by atomic mass is 10.1. The predicted octanol–water partition coefficient (Wildman–Crippen LogP) is 3.46. The molecule has 2 aromatic rings. The highest BCUT2D eigenvalue weighted by Crippen LogP contribution is 2.30. The number of nitrogens with zero attached hydrogens (tertiary/aromatic N) is 2. The molecule has 134 valence electrons. The number of halogens is 1. The number of benzene rings is 1. The average molecular weight is 407 g/mol. The molecule has 0 spiro atoms. The van der Waals surface area contributed by atoms with Crippen molar-refractivity contribution in [2.45, 2.75) is 20.3 Å². The minimum Gasteiger partial charge on any atom is -0.378 e. The summed E-state index contributed by atoms with van der Waals surface area (Å²) in [5.41, 5.74) is 3.15. The molecule has 1 aromatic heterocycles. The Morgan fingerprint density at radius 1 is 1.36 bits per heavy atom. The van der Waals surface area contributed by atoms with Crippen LogP contribution in [0, 0.1) is 5.92 Å². The van der Waals surface area contributed by atoms with Crippen molar-refractivity contribution in [3.8, 4) is 0 Å². The highest BCUT2D eigenvalue weighted by molar-refractivity contribution is 9.10. The number of aromatic nitrogens is 2. The minimum atomic E-state index is -0.209. The van der Waals surface area contributed by atoms with Crippen LogP contribution in [0.15, 0.2) is 28.7 Å². The fourth-order valence-electron chi connectivity index (χ4n) is 2.90. The van der Waals surface area contributed by atoms with Crippen LogP contribution in [0.3, 0.4) is 0 Å². The Morgan fingerprint density at radius 3 is 2.84 bits per heavy atom. The minimum absolute atomic E-state index is 0.209. The van der Waals surface area contributed by atoms with Crippen molar-refractivity contribution in [2.24, 2.45) is 5.92 Å². The van der Waals surface area contributed by atoms with Gasteiger partial charge >= 0.3 is 0 Å². The summed E-state index contributed by atoms with van der Waals surface area (Å²) in [4.78, 5) is 14.8. The van der Waals surface area contributed by atoms with Crippen molar-refractivity contribution in [3.05, 3.63) is 40.1 Å². The van der Waals surface area contributed by atoms with Crippen molar-refractivity contribution in [3.63, 3.8) is 0 Å². The van der Waals surface area contributed by atoms with Crippen molar-refractivity contribution < 1.29 is 9.53 Å². The SMILES string of the molecule is CC(C)Cc1cc(C(=O)Nc2cc(Br)ccc2N2CCOCC2)n[nH]1. The van der Waals surface area contributed by atoms with Crippen molar-refractivity contribution in [2.75, 3.05) is 36.5 Å². The molecule has 0 bridgehead atoms. The average Bonchev–Trinajstić information content (AvgIpc) is 3.03. The summed E-state index contributed by atoms with van der Waals surface area (Å²) in [5, 5.41) is 10.1. The van der Waals surface area contributed by atoms with Crippen LogP contribution in [0.5, 0.6) is 0 Å². The van der Waals surface area contributed by atoms with Gasteiger partial charge in [-0.05, 0) is 36.6 Å². The van der Waals surface area contributed by atoms with Gasteiger partial charge in [0.25, 0.3) is 5.91 Å². The fourth-order valence-corrected chi connectivity index (χ4v) is 3.26. The highest BCUT2D eigenvalue weighted by Gasteiger charge is 2.18. The number of ether oxygens (including phenoxy) is 1. The van der Waals surface area contributed by atoms with Gasteiger partial charge in [0.15, 0.2) is 5.69 Å². The molecule has 6 nitrogen and oxygen atoms in total. The molecule has 7 heteroatoms. The molecule has 25 heavy (non-hydrogen) atoms. The van der Waals surface area contributed by atoms with E-state index in [-0.39, 0.29) is 5.91 Å².